The third-order valence-corrected chi connectivity index (χ3v) is 2.40. The van der Waals surface area contributed by atoms with Crippen LogP contribution in [0.5, 0.6) is 0 Å². The summed E-state index contributed by atoms with van der Waals surface area (Å²) < 4.78 is 0. The highest BCUT2D eigenvalue weighted by molar-refractivity contribution is 4.91. The largest absolute Gasteiger partial charge is 0.511 e. The Morgan fingerprint density at radius 1 is 1.07 bits per heavy atom. The lowest BCUT2D eigenvalue weighted by atomic mass is 10.1. The van der Waals surface area contributed by atoms with Crippen LogP contribution in [0.1, 0.15) is 58.3 Å². The number of nitrogens with two attached hydrogens (primary N) is 1. The Labute approximate surface area is 88.2 Å². The summed E-state index contributed by atoms with van der Waals surface area (Å²) in [5, 5.41) is 9.07. The molecule has 0 fully saturated rings. The number of allylic oxidation sites excluding steroid dienone is 1. The topological polar surface area (TPSA) is 46.2 Å². The number of aliphatic hydroxyl groups excluding tert-OH is 1. The molecule has 0 unspecified atom stereocenters. The molecule has 0 amide bonds. The highest BCUT2D eigenvalue weighted by atomic mass is 16.3. The minimum Gasteiger partial charge on any atom is -0.511 e. The maximum absolute atomic E-state index is 9.07. The van der Waals surface area contributed by atoms with Gasteiger partial charge in [-0.05, 0) is 18.9 Å². The quantitative estimate of drug-likeness (QED) is 0.441. The van der Waals surface area contributed by atoms with Crippen LogP contribution in [0.2, 0.25) is 0 Å². The van der Waals surface area contributed by atoms with E-state index < -0.39 is 0 Å². The number of rotatable bonds is 9. The summed E-state index contributed by atoms with van der Waals surface area (Å²) in [4.78, 5) is 0. The summed E-state index contributed by atoms with van der Waals surface area (Å²) in [6.45, 7) is 2.51. The summed E-state index contributed by atoms with van der Waals surface area (Å²) in [5.41, 5.74) is 5.25. The minimum atomic E-state index is 0.274. The van der Waals surface area contributed by atoms with Gasteiger partial charge in [-0.15, -0.1) is 0 Å². The molecule has 0 saturated carbocycles. The van der Waals surface area contributed by atoms with Crippen LogP contribution in [-0.2, 0) is 0 Å². The Bertz CT molecular complexity index is 143. The molecule has 3 N–H and O–H groups in total. The average Bonchev–Trinajstić information content (AvgIpc) is 2.21. The Morgan fingerprint density at radius 3 is 2.21 bits per heavy atom. The van der Waals surface area contributed by atoms with Crippen LogP contribution in [0.15, 0.2) is 11.8 Å². The van der Waals surface area contributed by atoms with Gasteiger partial charge in [-0.25, -0.2) is 0 Å². The lowest BCUT2D eigenvalue weighted by Crippen LogP contribution is -2.01. The van der Waals surface area contributed by atoms with Crippen molar-refractivity contribution >= 4 is 0 Å². The van der Waals surface area contributed by atoms with Gasteiger partial charge in [0.25, 0.3) is 0 Å². The molecule has 0 aromatic rings. The minimum absolute atomic E-state index is 0.274. The normalized spacial score (nSPS) is 12.0. The first-order chi connectivity index (χ1) is 6.81. The molecule has 0 aromatic heterocycles. The van der Waals surface area contributed by atoms with E-state index in [-0.39, 0.29) is 6.54 Å². The Hall–Kier alpha value is -0.500. The Morgan fingerprint density at radius 2 is 1.64 bits per heavy atom. The van der Waals surface area contributed by atoms with Crippen molar-refractivity contribution in [1.82, 2.24) is 0 Å². The SMILES string of the molecule is CCCCCCCCC/C=C(\O)CN. The van der Waals surface area contributed by atoms with E-state index in [2.05, 4.69) is 6.92 Å². The van der Waals surface area contributed by atoms with Gasteiger partial charge in [0.15, 0.2) is 0 Å². The molecule has 0 rings (SSSR count). The molecular weight excluding hydrogens is 174 g/mol. The van der Waals surface area contributed by atoms with E-state index in [1.165, 1.54) is 44.9 Å². The monoisotopic (exact) mass is 199 g/mol. The van der Waals surface area contributed by atoms with Crippen molar-refractivity contribution in [3.05, 3.63) is 11.8 Å². The summed E-state index contributed by atoms with van der Waals surface area (Å²) in [6.07, 6.45) is 12.0. The first kappa shape index (κ1) is 13.5. The maximum Gasteiger partial charge on any atom is 0.102 e. The van der Waals surface area contributed by atoms with E-state index >= 15 is 0 Å². The van der Waals surface area contributed by atoms with Crippen LogP contribution in [0.3, 0.4) is 0 Å². The van der Waals surface area contributed by atoms with Gasteiger partial charge < -0.3 is 10.8 Å². The summed E-state index contributed by atoms with van der Waals surface area (Å²) >= 11 is 0. The van der Waals surface area contributed by atoms with E-state index in [1.807, 2.05) is 6.08 Å². The van der Waals surface area contributed by atoms with Crippen LogP contribution >= 0.6 is 0 Å². The third kappa shape index (κ3) is 9.59. The molecule has 0 bridgehead atoms. The van der Waals surface area contributed by atoms with Crippen molar-refractivity contribution in [1.29, 1.82) is 0 Å². The molecule has 0 aliphatic rings. The van der Waals surface area contributed by atoms with E-state index in [1.54, 1.807) is 0 Å². The van der Waals surface area contributed by atoms with Gasteiger partial charge >= 0.3 is 0 Å². The zero-order valence-electron chi connectivity index (χ0n) is 9.47. The van der Waals surface area contributed by atoms with Crippen LogP contribution in [-0.4, -0.2) is 11.7 Å². The first-order valence-corrected chi connectivity index (χ1v) is 5.89. The molecular formula is C12H25NO. The molecule has 14 heavy (non-hydrogen) atoms. The second kappa shape index (κ2) is 10.6. The Balaban J connectivity index is 3.06. The summed E-state index contributed by atoms with van der Waals surface area (Å²) in [6, 6.07) is 0. The molecule has 0 aromatic carbocycles. The van der Waals surface area contributed by atoms with Gasteiger partial charge in [0.1, 0.15) is 5.76 Å². The predicted molar refractivity (Wildman–Crippen MR) is 62.4 cm³/mol. The molecule has 0 atom stereocenters. The second-order valence-corrected chi connectivity index (χ2v) is 3.81. The van der Waals surface area contributed by atoms with Gasteiger partial charge in [0.2, 0.25) is 0 Å². The number of hydrogen-bond donors (Lipinski definition) is 2. The molecule has 0 aliphatic carbocycles. The molecule has 0 radical (unpaired) electrons. The molecule has 0 aliphatic heterocycles. The molecule has 2 heteroatoms. The lowest BCUT2D eigenvalue weighted by Gasteiger charge is -1.99. The number of aliphatic hydroxyl groups is 1. The fraction of sp³-hybridized carbons (Fsp3) is 0.833. The van der Waals surface area contributed by atoms with Crippen LogP contribution < -0.4 is 5.73 Å². The predicted octanol–water partition coefficient (Wildman–Crippen LogP) is 3.53. The van der Waals surface area contributed by atoms with Crippen molar-refractivity contribution in [2.24, 2.45) is 5.73 Å². The molecule has 0 heterocycles. The number of unbranched alkanes of at least 4 members (excludes halogenated alkanes) is 7. The molecule has 0 spiro atoms. The second-order valence-electron chi connectivity index (χ2n) is 3.81. The van der Waals surface area contributed by atoms with Crippen LogP contribution in [0.4, 0.5) is 0 Å². The van der Waals surface area contributed by atoms with Crippen LogP contribution in [0.25, 0.3) is 0 Å². The molecule has 84 valence electrons. The zero-order valence-corrected chi connectivity index (χ0v) is 9.47. The zero-order chi connectivity index (χ0) is 10.6. The average molecular weight is 199 g/mol. The van der Waals surface area contributed by atoms with Gasteiger partial charge in [-0.3, -0.25) is 0 Å². The van der Waals surface area contributed by atoms with Gasteiger partial charge in [-0.1, -0.05) is 45.4 Å². The number of hydrogen-bond acceptors (Lipinski definition) is 2. The van der Waals surface area contributed by atoms with Gasteiger partial charge in [-0.2, -0.15) is 0 Å². The van der Waals surface area contributed by atoms with Gasteiger partial charge in [0.05, 0.1) is 6.54 Å². The highest BCUT2D eigenvalue weighted by Gasteiger charge is 1.91. The van der Waals surface area contributed by atoms with E-state index in [9.17, 15) is 0 Å². The van der Waals surface area contributed by atoms with Crippen molar-refractivity contribution < 1.29 is 5.11 Å². The van der Waals surface area contributed by atoms with E-state index in [4.69, 9.17) is 10.8 Å². The lowest BCUT2D eigenvalue weighted by molar-refractivity contribution is 0.399. The van der Waals surface area contributed by atoms with Crippen molar-refractivity contribution in [2.75, 3.05) is 6.54 Å². The van der Waals surface area contributed by atoms with Crippen molar-refractivity contribution in [3.8, 4) is 0 Å². The highest BCUT2D eigenvalue weighted by Crippen LogP contribution is 2.08. The molecule has 2 nitrogen and oxygen atoms in total. The maximum atomic E-state index is 9.07. The van der Waals surface area contributed by atoms with Crippen molar-refractivity contribution in [2.45, 2.75) is 58.3 Å². The standard InChI is InChI=1S/C12H25NO/c1-2-3-4-5-6-7-8-9-10-12(14)11-13/h10,14H,2-9,11,13H2,1H3/b12-10-. The smallest absolute Gasteiger partial charge is 0.102 e. The summed E-state index contributed by atoms with van der Waals surface area (Å²) in [5.74, 6) is 0.330. The fourth-order valence-corrected chi connectivity index (χ4v) is 1.45. The first-order valence-electron chi connectivity index (χ1n) is 5.89. The van der Waals surface area contributed by atoms with E-state index in [0.717, 1.165) is 6.42 Å². The molecule has 0 saturated heterocycles. The van der Waals surface area contributed by atoms with E-state index in [0.29, 0.717) is 5.76 Å². The third-order valence-electron chi connectivity index (χ3n) is 2.40. The van der Waals surface area contributed by atoms with Gasteiger partial charge in [0, 0.05) is 0 Å². The van der Waals surface area contributed by atoms with Crippen LogP contribution in [0, 0.1) is 0 Å². The summed E-state index contributed by atoms with van der Waals surface area (Å²) in [7, 11) is 0. The Kier molecular flexibility index (Phi) is 10.2. The van der Waals surface area contributed by atoms with Crippen molar-refractivity contribution in [3.63, 3.8) is 0 Å². The fourth-order valence-electron chi connectivity index (χ4n) is 1.45.